The summed E-state index contributed by atoms with van der Waals surface area (Å²) in [5.74, 6) is 2.37. The van der Waals surface area contributed by atoms with Gasteiger partial charge in [0.15, 0.2) is 5.96 Å². The SMILES string of the molecule is CN=C(NCc1csc(C2CC2)n1)NCc1ccco1.I. The van der Waals surface area contributed by atoms with Gasteiger partial charge in [-0.3, -0.25) is 4.99 Å². The van der Waals surface area contributed by atoms with Gasteiger partial charge in [-0.1, -0.05) is 0 Å². The van der Waals surface area contributed by atoms with E-state index in [9.17, 15) is 0 Å². The predicted octanol–water partition coefficient (Wildman–Crippen LogP) is 3.10. The van der Waals surface area contributed by atoms with Crippen LogP contribution in [0.15, 0.2) is 33.2 Å². The van der Waals surface area contributed by atoms with Gasteiger partial charge in [0, 0.05) is 18.3 Å². The van der Waals surface area contributed by atoms with E-state index < -0.39 is 0 Å². The summed E-state index contributed by atoms with van der Waals surface area (Å²) < 4.78 is 5.27. The molecule has 114 valence electrons. The highest BCUT2D eigenvalue weighted by Gasteiger charge is 2.26. The molecule has 1 aliphatic carbocycles. The molecule has 2 aromatic heterocycles. The van der Waals surface area contributed by atoms with E-state index in [1.54, 1.807) is 24.6 Å². The Kier molecular flexibility index (Phi) is 6.04. The van der Waals surface area contributed by atoms with Gasteiger partial charge in [0.05, 0.1) is 30.1 Å². The molecule has 1 aliphatic rings. The number of hydrogen-bond donors (Lipinski definition) is 2. The fraction of sp³-hybridized carbons (Fsp3) is 0.429. The molecule has 0 aromatic carbocycles. The van der Waals surface area contributed by atoms with Gasteiger partial charge < -0.3 is 15.1 Å². The summed E-state index contributed by atoms with van der Waals surface area (Å²) in [6.45, 7) is 1.32. The fourth-order valence-corrected chi connectivity index (χ4v) is 2.89. The topological polar surface area (TPSA) is 62.5 Å². The minimum atomic E-state index is 0. The second kappa shape index (κ2) is 7.79. The molecule has 0 amide bonds. The Labute approximate surface area is 145 Å². The molecular formula is C14H19IN4OS. The highest BCUT2D eigenvalue weighted by molar-refractivity contribution is 14.0. The van der Waals surface area contributed by atoms with Crippen LogP contribution in [0.25, 0.3) is 0 Å². The third-order valence-corrected chi connectivity index (χ3v) is 4.22. The first-order valence-electron chi connectivity index (χ1n) is 6.76. The molecular weight excluding hydrogens is 399 g/mol. The third kappa shape index (κ3) is 4.70. The van der Waals surface area contributed by atoms with Crippen molar-refractivity contribution >= 4 is 41.3 Å². The first-order chi connectivity index (χ1) is 9.85. The Bertz CT molecular complexity index is 578. The van der Waals surface area contributed by atoms with E-state index >= 15 is 0 Å². The van der Waals surface area contributed by atoms with Crippen molar-refractivity contribution in [3.63, 3.8) is 0 Å². The number of halogens is 1. The summed E-state index contributed by atoms with van der Waals surface area (Å²) in [7, 11) is 1.76. The molecule has 7 heteroatoms. The number of aromatic nitrogens is 1. The van der Waals surface area contributed by atoms with E-state index in [4.69, 9.17) is 4.42 Å². The normalized spacial score (nSPS) is 14.6. The largest absolute Gasteiger partial charge is 0.467 e. The fourth-order valence-electron chi connectivity index (χ4n) is 1.90. The average molecular weight is 418 g/mol. The molecule has 0 bridgehead atoms. The van der Waals surface area contributed by atoms with E-state index in [1.807, 2.05) is 12.1 Å². The van der Waals surface area contributed by atoms with Crippen LogP contribution in [0.2, 0.25) is 0 Å². The molecule has 0 radical (unpaired) electrons. The van der Waals surface area contributed by atoms with Gasteiger partial charge >= 0.3 is 0 Å². The van der Waals surface area contributed by atoms with E-state index in [2.05, 4.69) is 26.0 Å². The van der Waals surface area contributed by atoms with Crippen LogP contribution in [0, 0.1) is 0 Å². The van der Waals surface area contributed by atoms with Crippen molar-refractivity contribution in [2.45, 2.75) is 31.8 Å². The maximum atomic E-state index is 5.27. The molecule has 0 saturated heterocycles. The van der Waals surface area contributed by atoms with Crippen molar-refractivity contribution in [3.05, 3.63) is 40.2 Å². The Balaban J connectivity index is 0.00000161. The minimum Gasteiger partial charge on any atom is -0.467 e. The number of guanidine groups is 1. The molecule has 1 saturated carbocycles. The summed E-state index contributed by atoms with van der Waals surface area (Å²) in [6.07, 6.45) is 4.27. The molecule has 0 unspecified atom stereocenters. The number of hydrogen-bond acceptors (Lipinski definition) is 4. The third-order valence-electron chi connectivity index (χ3n) is 3.17. The zero-order chi connectivity index (χ0) is 13.8. The van der Waals surface area contributed by atoms with Crippen LogP contribution in [-0.4, -0.2) is 18.0 Å². The number of aliphatic imine (C=N–C) groups is 1. The Morgan fingerprint density at radius 1 is 1.43 bits per heavy atom. The minimum absolute atomic E-state index is 0. The van der Waals surface area contributed by atoms with Crippen LogP contribution in [0.4, 0.5) is 0 Å². The van der Waals surface area contributed by atoms with Crippen molar-refractivity contribution in [1.29, 1.82) is 0 Å². The Morgan fingerprint density at radius 2 is 2.24 bits per heavy atom. The number of rotatable bonds is 5. The quantitative estimate of drug-likeness (QED) is 0.445. The molecule has 21 heavy (non-hydrogen) atoms. The second-order valence-corrected chi connectivity index (χ2v) is 5.70. The Hall–Kier alpha value is -1.09. The van der Waals surface area contributed by atoms with Crippen LogP contribution >= 0.6 is 35.3 Å². The van der Waals surface area contributed by atoms with Gasteiger partial charge in [0.1, 0.15) is 5.76 Å². The summed E-state index contributed by atoms with van der Waals surface area (Å²) >= 11 is 1.76. The zero-order valence-electron chi connectivity index (χ0n) is 11.8. The first-order valence-corrected chi connectivity index (χ1v) is 7.64. The smallest absolute Gasteiger partial charge is 0.191 e. The average Bonchev–Trinajstić information content (AvgIpc) is 3.01. The van der Waals surface area contributed by atoms with Gasteiger partial charge in [0.2, 0.25) is 0 Å². The van der Waals surface area contributed by atoms with E-state index in [0.717, 1.165) is 23.3 Å². The summed E-state index contributed by atoms with van der Waals surface area (Å²) in [5, 5.41) is 9.87. The molecule has 2 heterocycles. The molecule has 3 rings (SSSR count). The summed E-state index contributed by atoms with van der Waals surface area (Å²) in [6, 6.07) is 3.81. The molecule has 1 fully saturated rings. The lowest BCUT2D eigenvalue weighted by molar-refractivity contribution is 0.501. The highest BCUT2D eigenvalue weighted by Crippen LogP contribution is 2.41. The van der Waals surface area contributed by atoms with Crippen LogP contribution in [0.1, 0.15) is 35.2 Å². The van der Waals surface area contributed by atoms with Crippen LogP contribution in [0.3, 0.4) is 0 Å². The van der Waals surface area contributed by atoms with E-state index in [0.29, 0.717) is 13.1 Å². The standard InChI is InChI=1S/C14H18N4OS.HI/c1-15-14(17-8-12-3-2-6-19-12)16-7-11-9-20-13(18-11)10-4-5-10;/h2-3,6,9-10H,4-5,7-8H2,1H3,(H2,15,16,17);1H. The molecule has 0 atom stereocenters. The molecule has 0 spiro atoms. The maximum absolute atomic E-state index is 5.27. The van der Waals surface area contributed by atoms with Crippen LogP contribution in [-0.2, 0) is 13.1 Å². The number of furan rings is 1. The van der Waals surface area contributed by atoms with Crippen LogP contribution in [0.5, 0.6) is 0 Å². The first kappa shape index (κ1) is 16.3. The van der Waals surface area contributed by atoms with Crippen molar-refractivity contribution in [3.8, 4) is 0 Å². The number of thiazole rings is 1. The highest BCUT2D eigenvalue weighted by atomic mass is 127. The summed E-state index contributed by atoms with van der Waals surface area (Å²) in [5.41, 5.74) is 1.08. The van der Waals surface area contributed by atoms with E-state index in [1.165, 1.54) is 17.8 Å². The van der Waals surface area contributed by atoms with Gasteiger partial charge in [0.25, 0.3) is 0 Å². The van der Waals surface area contributed by atoms with Gasteiger partial charge in [-0.25, -0.2) is 4.98 Å². The van der Waals surface area contributed by atoms with Gasteiger partial charge in [-0.15, -0.1) is 35.3 Å². The molecule has 5 nitrogen and oxygen atoms in total. The Morgan fingerprint density at radius 3 is 2.90 bits per heavy atom. The van der Waals surface area contributed by atoms with E-state index in [-0.39, 0.29) is 24.0 Å². The molecule has 2 N–H and O–H groups in total. The number of nitrogens with zero attached hydrogens (tertiary/aromatic N) is 2. The lowest BCUT2D eigenvalue weighted by Crippen LogP contribution is -2.36. The van der Waals surface area contributed by atoms with Crippen molar-refractivity contribution in [1.82, 2.24) is 15.6 Å². The maximum Gasteiger partial charge on any atom is 0.191 e. The summed E-state index contributed by atoms with van der Waals surface area (Å²) in [4.78, 5) is 8.83. The molecule has 0 aliphatic heterocycles. The predicted molar refractivity (Wildman–Crippen MR) is 95.3 cm³/mol. The van der Waals surface area contributed by atoms with Crippen LogP contribution < -0.4 is 10.6 Å². The molecule has 2 aromatic rings. The van der Waals surface area contributed by atoms with Crippen molar-refractivity contribution in [2.75, 3.05) is 7.05 Å². The zero-order valence-corrected chi connectivity index (χ0v) is 15.0. The lowest BCUT2D eigenvalue weighted by atomic mass is 10.4. The van der Waals surface area contributed by atoms with Crippen molar-refractivity contribution < 1.29 is 4.42 Å². The van der Waals surface area contributed by atoms with Gasteiger partial charge in [-0.2, -0.15) is 0 Å². The van der Waals surface area contributed by atoms with Crippen molar-refractivity contribution in [2.24, 2.45) is 4.99 Å². The number of nitrogens with one attached hydrogen (secondary N) is 2. The lowest BCUT2D eigenvalue weighted by Gasteiger charge is -2.09. The monoisotopic (exact) mass is 418 g/mol. The second-order valence-electron chi connectivity index (χ2n) is 4.81. The van der Waals surface area contributed by atoms with Gasteiger partial charge in [-0.05, 0) is 25.0 Å².